The molecule has 0 saturated carbocycles. The molecule has 2 rings (SSSR count). The van der Waals surface area contributed by atoms with E-state index >= 15 is 0 Å². The number of amidine groups is 1. The zero-order valence-corrected chi connectivity index (χ0v) is 11.5. The predicted octanol–water partition coefficient (Wildman–Crippen LogP) is 2.52. The van der Waals surface area contributed by atoms with Crippen molar-refractivity contribution in [3.05, 3.63) is 58.3 Å². The van der Waals surface area contributed by atoms with Crippen LogP contribution < -0.4 is 10.5 Å². The summed E-state index contributed by atoms with van der Waals surface area (Å²) in [5, 5.41) is 11.5. The van der Waals surface area contributed by atoms with Gasteiger partial charge in [-0.25, -0.2) is 0 Å². The van der Waals surface area contributed by atoms with E-state index < -0.39 is 0 Å². The van der Waals surface area contributed by atoms with Gasteiger partial charge in [0.2, 0.25) is 0 Å². The number of aromatic nitrogens is 1. The van der Waals surface area contributed by atoms with Crippen molar-refractivity contribution in [1.29, 1.82) is 0 Å². The molecule has 0 amide bonds. The van der Waals surface area contributed by atoms with Gasteiger partial charge in [0.25, 0.3) is 0 Å². The average Bonchev–Trinajstić information content (AvgIpc) is 2.46. The molecule has 3 N–H and O–H groups in total. The van der Waals surface area contributed by atoms with Crippen LogP contribution >= 0.6 is 15.9 Å². The fraction of sp³-hybridized carbons (Fsp3) is 0.0769. The van der Waals surface area contributed by atoms with Crippen molar-refractivity contribution < 1.29 is 9.94 Å². The number of ether oxygens (including phenoxy) is 1. The summed E-state index contributed by atoms with van der Waals surface area (Å²) in [4.78, 5) is 4.21. The first kappa shape index (κ1) is 13.4. The van der Waals surface area contributed by atoms with Crippen LogP contribution in [0.5, 0.6) is 5.75 Å². The second-order valence-corrected chi connectivity index (χ2v) is 4.68. The number of benzene rings is 1. The van der Waals surface area contributed by atoms with Crippen LogP contribution in [0.1, 0.15) is 11.3 Å². The Morgan fingerprint density at radius 3 is 2.58 bits per heavy atom. The third kappa shape index (κ3) is 3.69. The van der Waals surface area contributed by atoms with Crippen LogP contribution in [0.2, 0.25) is 0 Å². The van der Waals surface area contributed by atoms with Crippen molar-refractivity contribution in [2.45, 2.75) is 6.61 Å². The molecule has 0 atom stereocenters. The van der Waals surface area contributed by atoms with Gasteiger partial charge in [-0.15, -0.1) is 0 Å². The van der Waals surface area contributed by atoms with E-state index in [1.807, 2.05) is 12.1 Å². The normalized spacial score (nSPS) is 11.3. The highest BCUT2D eigenvalue weighted by atomic mass is 79.9. The molecule has 2 aromatic rings. The number of pyridine rings is 1. The Kier molecular flexibility index (Phi) is 4.35. The zero-order valence-electron chi connectivity index (χ0n) is 9.95. The second-order valence-electron chi connectivity index (χ2n) is 3.77. The Hall–Kier alpha value is -2.08. The monoisotopic (exact) mass is 321 g/mol. The van der Waals surface area contributed by atoms with Crippen LogP contribution in [0, 0.1) is 0 Å². The number of hydrogen-bond donors (Lipinski definition) is 2. The van der Waals surface area contributed by atoms with Gasteiger partial charge in [-0.05, 0) is 52.3 Å². The van der Waals surface area contributed by atoms with E-state index in [1.54, 1.807) is 30.5 Å². The topological polar surface area (TPSA) is 80.7 Å². The van der Waals surface area contributed by atoms with Crippen LogP contribution in [0.25, 0.3) is 0 Å². The van der Waals surface area contributed by atoms with E-state index in [2.05, 4.69) is 26.1 Å². The van der Waals surface area contributed by atoms with Crippen LogP contribution in [0.3, 0.4) is 0 Å². The van der Waals surface area contributed by atoms with Crippen LogP contribution in [-0.4, -0.2) is 16.0 Å². The molecule has 0 unspecified atom stereocenters. The van der Waals surface area contributed by atoms with Gasteiger partial charge in [0, 0.05) is 16.2 Å². The van der Waals surface area contributed by atoms with Crippen LogP contribution in [0.15, 0.2) is 52.2 Å². The molecule has 0 bridgehead atoms. The van der Waals surface area contributed by atoms with Crippen molar-refractivity contribution in [3.8, 4) is 5.75 Å². The molecule has 0 aliphatic rings. The highest BCUT2D eigenvalue weighted by molar-refractivity contribution is 9.10. The highest BCUT2D eigenvalue weighted by Gasteiger charge is 2.01. The maximum atomic E-state index is 8.55. The lowest BCUT2D eigenvalue weighted by molar-refractivity contribution is 0.301. The smallest absolute Gasteiger partial charge is 0.170 e. The van der Waals surface area contributed by atoms with Gasteiger partial charge >= 0.3 is 0 Å². The highest BCUT2D eigenvalue weighted by Crippen LogP contribution is 2.14. The summed E-state index contributed by atoms with van der Waals surface area (Å²) >= 11 is 3.32. The van der Waals surface area contributed by atoms with Gasteiger partial charge in [0.15, 0.2) is 5.84 Å². The number of oxime groups is 1. The standard InChI is InChI=1S/C13H12BrN3O2/c14-10-3-4-11(16-7-10)8-19-12-5-1-9(2-6-12)13(15)17-18/h1-7,18H,8H2,(H2,15,17). The number of hydrogen-bond acceptors (Lipinski definition) is 4. The van der Waals surface area contributed by atoms with E-state index in [9.17, 15) is 0 Å². The zero-order chi connectivity index (χ0) is 13.7. The molecule has 0 aliphatic heterocycles. The van der Waals surface area contributed by atoms with E-state index in [4.69, 9.17) is 15.7 Å². The van der Waals surface area contributed by atoms with Gasteiger partial charge in [-0.2, -0.15) is 0 Å². The Balaban J connectivity index is 1.98. The second kappa shape index (κ2) is 6.19. The average molecular weight is 322 g/mol. The van der Waals surface area contributed by atoms with Gasteiger partial charge in [-0.3, -0.25) is 4.98 Å². The maximum Gasteiger partial charge on any atom is 0.170 e. The molecule has 19 heavy (non-hydrogen) atoms. The molecule has 98 valence electrons. The quantitative estimate of drug-likeness (QED) is 0.392. The lowest BCUT2D eigenvalue weighted by Crippen LogP contribution is -2.12. The van der Waals surface area contributed by atoms with Crippen molar-refractivity contribution in [3.63, 3.8) is 0 Å². The van der Waals surface area contributed by atoms with Gasteiger partial charge in [0.05, 0.1) is 5.69 Å². The van der Waals surface area contributed by atoms with Crippen molar-refractivity contribution in [2.24, 2.45) is 10.9 Å². The summed E-state index contributed by atoms with van der Waals surface area (Å²) in [6, 6.07) is 10.7. The summed E-state index contributed by atoms with van der Waals surface area (Å²) < 4.78 is 6.51. The fourth-order valence-electron chi connectivity index (χ4n) is 1.43. The Bertz CT molecular complexity index is 567. The number of rotatable bonds is 4. The third-order valence-corrected chi connectivity index (χ3v) is 2.90. The molecule has 0 radical (unpaired) electrons. The molecular formula is C13H12BrN3O2. The van der Waals surface area contributed by atoms with E-state index in [0.29, 0.717) is 17.9 Å². The first-order chi connectivity index (χ1) is 9.19. The minimum absolute atomic E-state index is 0.0705. The Morgan fingerprint density at radius 1 is 1.26 bits per heavy atom. The molecule has 1 heterocycles. The molecule has 0 spiro atoms. The largest absolute Gasteiger partial charge is 0.487 e. The fourth-order valence-corrected chi connectivity index (χ4v) is 1.66. The van der Waals surface area contributed by atoms with Crippen molar-refractivity contribution in [2.75, 3.05) is 0 Å². The Morgan fingerprint density at radius 2 is 2.00 bits per heavy atom. The SMILES string of the molecule is N/C(=N/O)c1ccc(OCc2ccc(Br)cn2)cc1. The summed E-state index contributed by atoms with van der Waals surface area (Å²) in [5.41, 5.74) is 6.94. The number of halogens is 1. The molecule has 0 aliphatic carbocycles. The molecular weight excluding hydrogens is 310 g/mol. The summed E-state index contributed by atoms with van der Waals surface area (Å²) in [7, 11) is 0. The predicted molar refractivity (Wildman–Crippen MR) is 75.2 cm³/mol. The third-order valence-electron chi connectivity index (χ3n) is 2.43. The van der Waals surface area contributed by atoms with E-state index in [0.717, 1.165) is 10.2 Å². The summed E-state index contributed by atoms with van der Waals surface area (Å²) in [6.45, 7) is 0.385. The minimum Gasteiger partial charge on any atom is -0.487 e. The molecule has 5 nitrogen and oxygen atoms in total. The summed E-state index contributed by atoms with van der Waals surface area (Å²) in [5.74, 6) is 0.764. The Labute approximate surface area is 118 Å². The molecule has 0 saturated heterocycles. The first-order valence-electron chi connectivity index (χ1n) is 5.50. The molecule has 1 aromatic carbocycles. The molecule has 0 fully saturated rings. The van der Waals surface area contributed by atoms with Gasteiger partial charge < -0.3 is 15.7 Å². The van der Waals surface area contributed by atoms with Crippen molar-refractivity contribution in [1.82, 2.24) is 4.98 Å². The number of nitrogens with two attached hydrogens (primary N) is 1. The lowest BCUT2D eigenvalue weighted by atomic mass is 10.2. The minimum atomic E-state index is 0.0705. The maximum absolute atomic E-state index is 8.55. The van der Waals surface area contributed by atoms with E-state index in [-0.39, 0.29) is 5.84 Å². The van der Waals surface area contributed by atoms with Crippen LogP contribution in [-0.2, 0) is 6.61 Å². The van der Waals surface area contributed by atoms with Gasteiger partial charge in [0.1, 0.15) is 12.4 Å². The summed E-state index contributed by atoms with van der Waals surface area (Å²) in [6.07, 6.45) is 1.72. The number of nitrogens with zero attached hydrogens (tertiary/aromatic N) is 2. The molecule has 1 aromatic heterocycles. The first-order valence-corrected chi connectivity index (χ1v) is 6.29. The van der Waals surface area contributed by atoms with Gasteiger partial charge in [-0.1, -0.05) is 5.16 Å². The van der Waals surface area contributed by atoms with Crippen molar-refractivity contribution >= 4 is 21.8 Å². The van der Waals surface area contributed by atoms with Crippen LogP contribution in [0.4, 0.5) is 0 Å². The van der Waals surface area contributed by atoms with E-state index in [1.165, 1.54) is 0 Å². The lowest BCUT2D eigenvalue weighted by Gasteiger charge is -2.06. The molecule has 6 heteroatoms.